The van der Waals surface area contributed by atoms with Gasteiger partial charge in [0.05, 0.1) is 0 Å². The number of rotatable bonds is 5. The lowest BCUT2D eigenvalue weighted by Gasteiger charge is -2.39. The van der Waals surface area contributed by atoms with Crippen molar-refractivity contribution in [3.8, 4) is 0 Å². The molecule has 1 unspecified atom stereocenters. The van der Waals surface area contributed by atoms with Crippen LogP contribution < -0.4 is 5.73 Å². The van der Waals surface area contributed by atoms with Crippen molar-refractivity contribution >= 4 is 0 Å². The van der Waals surface area contributed by atoms with Crippen molar-refractivity contribution in [1.29, 1.82) is 0 Å². The summed E-state index contributed by atoms with van der Waals surface area (Å²) in [6, 6.07) is 0.901. The summed E-state index contributed by atoms with van der Waals surface area (Å²) in [5.41, 5.74) is 6.44. The van der Waals surface area contributed by atoms with E-state index in [0.29, 0.717) is 0 Å². The molecule has 1 atom stereocenters. The SMILES string of the molecule is CN(CC1CCCC1)C1(CN)CCN(C2CC2)C1. The van der Waals surface area contributed by atoms with Gasteiger partial charge in [-0.05, 0) is 45.1 Å². The lowest BCUT2D eigenvalue weighted by atomic mass is 9.94. The van der Waals surface area contributed by atoms with Crippen LogP contribution in [0.4, 0.5) is 0 Å². The number of nitrogens with zero attached hydrogens (tertiary/aromatic N) is 2. The van der Waals surface area contributed by atoms with Crippen LogP contribution in [0.15, 0.2) is 0 Å². The number of hydrogen-bond acceptors (Lipinski definition) is 3. The Morgan fingerprint density at radius 1 is 1.22 bits per heavy atom. The van der Waals surface area contributed by atoms with Crippen molar-refractivity contribution in [3.63, 3.8) is 0 Å². The smallest absolute Gasteiger partial charge is 0.0467 e. The molecule has 1 saturated heterocycles. The Hall–Kier alpha value is -0.120. The summed E-state index contributed by atoms with van der Waals surface area (Å²) in [5, 5.41) is 0. The van der Waals surface area contributed by atoms with Crippen LogP contribution in [0.25, 0.3) is 0 Å². The fourth-order valence-electron chi connectivity index (χ4n) is 4.05. The minimum absolute atomic E-state index is 0.283. The average molecular weight is 251 g/mol. The van der Waals surface area contributed by atoms with Gasteiger partial charge in [-0.15, -0.1) is 0 Å². The van der Waals surface area contributed by atoms with Crippen molar-refractivity contribution in [1.82, 2.24) is 9.80 Å². The normalized spacial score (nSPS) is 34.8. The van der Waals surface area contributed by atoms with Gasteiger partial charge >= 0.3 is 0 Å². The molecule has 3 fully saturated rings. The van der Waals surface area contributed by atoms with Gasteiger partial charge in [0.2, 0.25) is 0 Å². The summed E-state index contributed by atoms with van der Waals surface area (Å²) in [6.45, 7) is 4.60. The van der Waals surface area contributed by atoms with Crippen molar-refractivity contribution < 1.29 is 0 Å². The highest BCUT2D eigenvalue weighted by Crippen LogP contribution is 2.36. The van der Waals surface area contributed by atoms with Gasteiger partial charge in [-0.1, -0.05) is 12.8 Å². The Morgan fingerprint density at radius 3 is 2.56 bits per heavy atom. The Balaban J connectivity index is 1.59. The third-order valence-electron chi connectivity index (χ3n) is 5.62. The number of hydrogen-bond donors (Lipinski definition) is 1. The van der Waals surface area contributed by atoms with Crippen molar-refractivity contribution in [2.75, 3.05) is 33.2 Å². The van der Waals surface area contributed by atoms with Gasteiger partial charge in [0.25, 0.3) is 0 Å². The fraction of sp³-hybridized carbons (Fsp3) is 1.00. The molecule has 18 heavy (non-hydrogen) atoms. The zero-order valence-electron chi connectivity index (χ0n) is 11.9. The predicted molar refractivity (Wildman–Crippen MR) is 75.6 cm³/mol. The minimum Gasteiger partial charge on any atom is -0.329 e. The average Bonchev–Trinajstić information content (AvgIpc) is 2.93. The molecular weight excluding hydrogens is 222 g/mol. The van der Waals surface area contributed by atoms with Crippen LogP contribution in [-0.2, 0) is 0 Å². The Bertz CT molecular complexity index is 283. The molecule has 2 saturated carbocycles. The van der Waals surface area contributed by atoms with E-state index in [4.69, 9.17) is 5.73 Å². The Kier molecular flexibility index (Phi) is 3.65. The minimum atomic E-state index is 0.283. The standard InChI is InChI=1S/C15H29N3/c1-17(10-13-4-2-3-5-13)15(11-16)8-9-18(12-15)14-6-7-14/h13-14H,2-12,16H2,1H3. The summed E-state index contributed by atoms with van der Waals surface area (Å²) in [5.74, 6) is 0.938. The molecule has 3 heteroatoms. The molecule has 104 valence electrons. The molecule has 0 radical (unpaired) electrons. The first-order chi connectivity index (χ1) is 8.73. The number of likely N-dealkylation sites (N-methyl/N-ethyl adjacent to an activating group) is 1. The van der Waals surface area contributed by atoms with E-state index in [-0.39, 0.29) is 5.54 Å². The van der Waals surface area contributed by atoms with Crippen LogP contribution in [0.5, 0.6) is 0 Å². The van der Waals surface area contributed by atoms with Gasteiger partial charge in [-0.3, -0.25) is 9.80 Å². The van der Waals surface area contributed by atoms with Crippen LogP contribution in [-0.4, -0.2) is 54.6 Å². The summed E-state index contributed by atoms with van der Waals surface area (Å²) >= 11 is 0. The first-order valence-corrected chi connectivity index (χ1v) is 7.89. The van der Waals surface area contributed by atoms with Crippen molar-refractivity contribution in [2.24, 2.45) is 11.7 Å². The molecular formula is C15H29N3. The van der Waals surface area contributed by atoms with E-state index in [1.165, 1.54) is 64.6 Å². The molecule has 0 spiro atoms. The van der Waals surface area contributed by atoms with Crippen LogP contribution in [0.3, 0.4) is 0 Å². The van der Waals surface area contributed by atoms with Crippen molar-refractivity contribution in [3.05, 3.63) is 0 Å². The molecule has 0 aromatic carbocycles. The number of nitrogens with two attached hydrogens (primary N) is 1. The lowest BCUT2D eigenvalue weighted by Crippen LogP contribution is -2.55. The maximum absolute atomic E-state index is 6.16. The topological polar surface area (TPSA) is 32.5 Å². The molecule has 3 nitrogen and oxygen atoms in total. The highest BCUT2D eigenvalue weighted by Gasteiger charge is 2.45. The van der Waals surface area contributed by atoms with E-state index in [1.807, 2.05) is 0 Å². The fourth-order valence-corrected chi connectivity index (χ4v) is 4.05. The van der Waals surface area contributed by atoms with E-state index >= 15 is 0 Å². The molecule has 0 amide bonds. The molecule has 0 bridgehead atoms. The van der Waals surface area contributed by atoms with E-state index in [9.17, 15) is 0 Å². The maximum Gasteiger partial charge on any atom is 0.0467 e. The first-order valence-electron chi connectivity index (χ1n) is 7.89. The molecule has 1 aliphatic heterocycles. The van der Waals surface area contributed by atoms with E-state index in [0.717, 1.165) is 18.5 Å². The van der Waals surface area contributed by atoms with E-state index < -0.39 is 0 Å². The molecule has 0 aromatic heterocycles. The second kappa shape index (κ2) is 5.10. The Labute approximate surface area is 112 Å². The lowest BCUT2D eigenvalue weighted by molar-refractivity contribution is 0.109. The van der Waals surface area contributed by atoms with Gasteiger partial charge < -0.3 is 5.73 Å². The molecule has 0 aromatic rings. The first kappa shape index (κ1) is 12.9. The van der Waals surface area contributed by atoms with Gasteiger partial charge in [0, 0.05) is 37.8 Å². The van der Waals surface area contributed by atoms with Gasteiger partial charge in [-0.25, -0.2) is 0 Å². The Morgan fingerprint density at radius 2 is 1.94 bits per heavy atom. The van der Waals surface area contributed by atoms with Crippen LogP contribution >= 0.6 is 0 Å². The van der Waals surface area contributed by atoms with Crippen LogP contribution in [0.1, 0.15) is 44.9 Å². The molecule has 3 rings (SSSR count). The highest BCUT2D eigenvalue weighted by molar-refractivity contribution is 5.03. The van der Waals surface area contributed by atoms with Crippen LogP contribution in [0, 0.1) is 5.92 Å². The monoisotopic (exact) mass is 251 g/mol. The van der Waals surface area contributed by atoms with Gasteiger partial charge in [0.1, 0.15) is 0 Å². The van der Waals surface area contributed by atoms with E-state index in [1.54, 1.807) is 0 Å². The van der Waals surface area contributed by atoms with Gasteiger partial charge in [-0.2, -0.15) is 0 Å². The summed E-state index contributed by atoms with van der Waals surface area (Å²) in [6.07, 6.45) is 9.91. The zero-order valence-corrected chi connectivity index (χ0v) is 11.9. The maximum atomic E-state index is 6.16. The second-order valence-electron chi connectivity index (χ2n) is 6.91. The zero-order chi connectivity index (χ0) is 12.6. The highest BCUT2D eigenvalue weighted by atomic mass is 15.3. The number of likely N-dealkylation sites (tertiary alicyclic amines) is 1. The molecule has 2 N–H and O–H groups in total. The van der Waals surface area contributed by atoms with Crippen molar-refractivity contribution in [2.45, 2.75) is 56.5 Å². The largest absolute Gasteiger partial charge is 0.329 e. The quantitative estimate of drug-likeness (QED) is 0.807. The van der Waals surface area contributed by atoms with Gasteiger partial charge in [0.15, 0.2) is 0 Å². The second-order valence-corrected chi connectivity index (χ2v) is 6.91. The molecule has 1 heterocycles. The summed E-state index contributed by atoms with van der Waals surface area (Å²) < 4.78 is 0. The third-order valence-corrected chi connectivity index (χ3v) is 5.62. The van der Waals surface area contributed by atoms with Crippen LogP contribution in [0.2, 0.25) is 0 Å². The predicted octanol–water partition coefficient (Wildman–Crippen LogP) is 1.67. The summed E-state index contributed by atoms with van der Waals surface area (Å²) in [7, 11) is 2.32. The summed E-state index contributed by atoms with van der Waals surface area (Å²) in [4.78, 5) is 5.31. The molecule has 2 aliphatic carbocycles. The third kappa shape index (κ3) is 2.45. The molecule has 3 aliphatic rings. The van der Waals surface area contributed by atoms with E-state index in [2.05, 4.69) is 16.8 Å².